The summed E-state index contributed by atoms with van der Waals surface area (Å²) < 4.78 is 11.1. The first kappa shape index (κ1) is 16.0. The van der Waals surface area contributed by atoms with Crippen LogP contribution in [0.4, 0.5) is 0 Å². The van der Waals surface area contributed by atoms with Crippen LogP contribution in [0.2, 0.25) is 0 Å². The van der Waals surface area contributed by atoms with Gasteiger partial charge in [0.1, 0.15) is 18.5 Å². The first-order chi connectivity index (χ1) is 10.2. The van der Waals surface area contributed by atoms with Crippen LogP contribution in [0.5, 0.6) is 5.75 Å². The second-order valence-corrected chi connectivity index (χ2v) is 5.48. The monoisotopic (exact) mass is 291 g/mol. The van der Waals surface area contributed by atoms with Gasteiger partial charge in [0.2, 0.25) is 0 Å². The Kier molecular flexibility index (Phi) is 6.23. The number of hydrogen-bond acceptors (Lipinski definition) is 4. The van der Waals surface area contributed by atoms with Gasteiger partial charge in [-0.05, 0) is 25.0 Å². The van der Waals surface area contributed by atoms with E-state index < -0.39 is 6.10 Å². The summed E-state index contributed by atoms with van der Waals surface area (Å²) >= 11 is 0. The molecule has 21 heavy (non-hydrogen) atoms. The molecule has 1 atom stereocenters. The predicted octanol–water partition coefficient (Wildman–Crippen LogP) is 1.80. The number of rotatable bonds is 7. The smallest absolute Gasteiger partial charge is 0.122 e. The lowest BCUT2D eigenvalue weighted by Crippen LogP contribution is -2.42. The van der Waals surface area contributed by atoms with Gasteiger partial charge in [0.25, 0.3) is 0 Å². The molecule has 1 aromatic rings. The van der Waals surface area contributed by atoms with Gasteiger partial charge in [0, 0.05) is 19.6 Å². The van der Waals surface area contributed by atoms with Gasteiger partial charge in [0.05, 0.1) is 13.2 Å². The number of hydrogen-bond donors (Lipinski definition) is 1. The van der Waals surface area contributed by atoms with Gasteiger partial charge < -0.3 is 14.6 Å². The molecule has 0 bridgehead atoms. The number of β-amino-alcohol motifs (C(OH)–C–C–N with tert-alkyl or cyclic N) is 1. The minimum atomic E-state index is -0.485. The van der Waals surface area contributed by atoms with Crippen molar-refractivity contribution in [1.82, 2.24) is 4.90 Å². The Bertz CT molecular complexity index is 455. The van der Waals surface area contributed by atoms with Crippen molar-refractivity contribution < 1.29 is 14.6 Å². The van der Waals surface area contributed by atoms with Crippen LogP contribution in [0.25, 0.3) is 0 Å². The average molecular weight is 291 g/mol. The zero-order valence-corrected chi connectivity index (χ0v) is 12.8. The fourth-order valence-corrected chi connectivity index (χ4v) is 2.48. The average Bonchev–Trinajstić information content (AvgIpc) is 2.48. The first-order valence-corrected chi connectivity index (χ1v) is 7.50. The molecule has 0 saturated carbocycles. The molecule has 0 spiro atoms. The summed E-state index contributed by atoms with van der Waals surface area (Å²) in [4.78, 5) is 2.21. The van der Waals surface area contributed by atoms with Crippen molar-refractivity contribution in [2.45, 2.75) is 19.4 Å². The number of allylic oxidation sites excluding steroid dienone is 1. The molecular formula is C17H25NO3. The predicted molar refractivity (Wildman–Crippen MR) is 83.8 cm³/mol. The fraction of sp³-hybridized carbons (Fsp3) is 0.529. The molecule has 4 heteroatoms. The maximum Gasteiger partial charge on any atom is 0.122 e. The van der Waals surface area contributed by atoms with Crippen molar-refractivity contribution >= 4 is 0 Å². The van der Waals surface area contributed by atoms with E-state index in [1.54, 1.807) is 0 Å². The maximum atomic E-state index is 10.1. The highest BCUT2D eigenvalue weighted by molar-refractivity contribution is 5.38. The minimum absolute atomic E-state index is 0.310. The second kappa shape index (κ2) is 8.17. The maximum absolute atomic E-state index is 10.1. The fourth-order valence-electron chi connectivity index (χ4n) is 2.48. The van der Waals surface area contributed by atoms with Gasteiger partial charge in [-0.15, -0.1) is 6.58 Å². The van der Waals surface area contributed by atoms with Crippen molar-refractivity contribution in [1.29, 1.82) is 0 Å². The Labute approximate surface area is 127 Å². The number of aliphatic hydroxyl groups excluding tert-OH is 1. The number of aliphatic hydroxyl groups is 1. The first-order valence-electron chi connectivity index (χ1n) is 7.50. The molecule has 116 valence electrons. The summed E-state index contributed by atoms with van der Waals surface area (Å²) in [5.74, 6) is 0.835. The molecule has 0 amide bonds. The lowest BCUT2D eigenvalue weighted by molar-refractivity contribution is 0.00459. The number of benzene rings is 1. The van der Waals surface area contributed by atoms with Crippen LogP contribution >= 0.6 is 0 Å². The molecular weight excluding hydrogens is 266 g/mol. The van der Waals surface area contributed by atoms with Crippen LogP contribution in [-0.4, -0.2) is 55.6 Å². The van der Waals surface area contributed by atoms with Crippen LogP contribution in [-0.2, 0) is 11.2 Å². The third-order valence-electron chi connectivity index (χ3n) is 3.58. The highest BCUT2D eigenvalue weighted by atomic mass is 16.5. The third kappa shape index (κ3) is 5.16. The zero-order chi connectivity index (χ0) is 15.1. The molecule has 0 radical (unpaired) electrons. The Morgan fingerprint density at radius 2 is 2.19 bits per heavy atom. The highest BCUT2D eigenvalue weighted by Gasteiger charge is 2.15. The summed E-state index contributed by atoms with van der Waals surface area (Å²) in [5.41, 5.74) is 2.32. The molecule has 2 rings (SSSR count). The van der Waals surface area contributed by atoms with Crippen LogP contribution in [0.15, 0.2) is 30.9 Å². The van der Waals surface area contributed by atoms with E-state index >= 15 is 0 Å². The number of nitrogens with zero attached hydrogens (tertiary/aromatic N) is 1. The minimum Gasteiger partial charge on any atom is -0.491 e. The highest BCUT2D eigenvalue weighted by Crippen LogP contribution is 2.21. The summed E-state index contributed by atoms with van der Waals surface area (Å²) in [6.07, 6.45) is 2.16. The van der Waals surface area contributed by atoms with E-state index in [9.17, 15) is 5.11 Å². The summed E-state index contributed by atoms with van der Waals surface area (Å²) in [7, 11) is 0. The largest absolute Gasteiger partial charge is 0.491 e. The van der Waals surface area contributed by atoms with Gasteiger partial charge in [-0.3, -0.25) is 4.90 Å². The molecule has 0 aliphatic carbocycles. The van der Waals surface area contributed by atoms with Crippen molar-refractivity contribution in [2.75, 3.05) is 39.5 Å². The lowest BCUT2D eigenvalue weighted by Gasteiger charge is -2.28. The van der Waals surface area contributed by atoms with Crippen molar-refractivity contribution in [3.63, 3.8) is 0 Å². The molecule has 4 nitrogen and oxygen atoms in total. The van der Waals surface area contributed by atoms with E-state index in [-0.39, 0.29) is 0 Å². The lowest BCUT2D eigenvalue weighted by atomic mass is 10.1. The normalized spacial score (nSPS) is 17.4. The molecule has 1 unspecified atom stereocenters. The Hall–Kier alpha value is -1.36. The topological polar surface area (TPSA) is 41.9 Å². The molecule has 1 fully saturated rings. The van der Waals surface area contributed by atoms with Gasteiger partial charge in [-0.2, -0.15) is 0 Å². The van der Waals surface area contributed by atoms with E-state index in [1.165, 1.54) is 5.56 Å². The third-order valence-corrected chi connectivity index (χ3v) is 3.58. The summed E-state index contributed by atoms with van der Waals surface area (Å²) in [6.45, 7) is 10.0. The SMILES string of the molecule is C=CCc1cc(C)ccc1OCC(O)CN1CCOCC1. The molecule has 1 N–H and O–H groups in total. The summed E-state index contributed by atoms with van der Waals surface area (Å²) in [5, 5.41) is 10.1. The van der Waals surface area contributed by atoms with Crippen molar-refractivity contribution in [3.05, 3.63) is 42.0 Å². The molecule has 1 saturated heterocycles. The van der Waals surface area contributed by atoms with Crippen LogP contribution in [0.1, 0.15) is 11.1 Å². The number of morpholine rings is 1. The van der Waals surface area contributed by atoms with E-state index in [0.717, 1.165) is 44.0 Å². The molecule has 1 aliphatic heterocycles. The molecule has 1 aliphatic rings. The zero-order valence-electron chi connectivity index (χ0n) is 12.8. The number of aryl methyl sites for hydroxylation is 1. The molecule has 1 heterocycles. The van der Waals surface area contributed by atoms with Crippen molar-refractivity contribution in [2.24, 2.45) is 0 Å². The van der Waals surface area contributed by atoms with Crippen LogP contribution in [0.3, 0.4) is 0 Å². The van der Waals surface area contributed by atoms with Crippen LogP contribution in [0, 0.1) is 6.92 Å². The van der Waals surface area contributed by atoms with E-state index in [1.807, 2.05) is 18.2 Å². The summed E-state index contributed by atoms with van der Waals surface area (Å²) in [6, 6.07) is 6.09. The van der Waals surface area contributed by atoms with Crippen molar-refractivity contribution in [3.8, 4) is 5.75 Å². The van der Waals surface area contributed by atoms with E-state index in [2.05, 4.69) is 24.5 Å². The van der Waals surface area contributed by atoms with E-state index in [4.69, 9.17) is 9.47 Å². The second-order valence-electron chi connectivity index (χ2n) is 5.48. The Balaban J connectivity index is 1.85. The quantitative estimate of drug-likeness (QED) is 0.778. The van der Waals surface area contributed by atoms with Gasteiger partial charge in [0.15, 0.2) is 0 Å². The van der Waals surface area contributed by atoms with Gasteiger partial charge in [-0.25, -0.2) is 0 Å². The van der Waals surface area contributed by atoms with Crippen LogP contribution < -0.4 is 4.74 Å². The molecule has 0 aromatic heterocycles. The van der Waals surface area contributed by atoms with Gasteiger partial charge in [-0.1, -0.05) is 23.8 Å². The molecule has 1 aromatic carbocycles. The Morgan fingerprint density at radius 1 is 1.43 bits per heavy atom. The van der Waals surface area contributed by atoms with E-state index in [0.29, 0.717) is 13.2 Å². The Morgan fingerprint density at radius 3 is 2.90 bits per heavy atom. The van der Waals surface area contributed by atoms with Gasteiger partial charge >= 0.3 is 0 Å². The standard InChI is InChI=1S/C17H25NO3/c1-3-4-15-11-14(2)5-6-17(15)21-13-16(19)12-18-7-9-20-10-8-18/h3,5-6,11,16,19H,1,4,7-10,12-13H2,2H3. The number of ether oxygens (including phenoxy) is 2.